The van der Waals surface area contributed by atoms with E-state index in [0.29, 0.717) is 12.4 Å². The van der Waals surface area contributed by atoms with Gasteiger partial charge in [-0.15, -0.1) is 0 Å². The minimum Gasteiger partial charge on any atom is -0.414 e. The Morgan fingerprint density at radius 2 is 1.88 bits per heavy atom. The second kappa shape index (κ2) is 9.00. The van der Waals surface area contributed by atoms with Crippen molar-refractivity contribution in [1.82, 2.24) is 9.97 Å². The van der Waals surface area contributed by atoms with E-state index >= 15 is 0 Å². The lowest BCUT2D eigenvalue weighted by molar-refractivity contribution is 0.186. The molecule has 2 aromatic rings. The minimum absolute atomic E-state index is 0.0229. The summed E-state index contributed by atoms with van der Waals surface area (Å²) in [6.07, 6.45) is 5.50. The summed E-state index contributed by atoms with van der Waals surface area (Å²) in [7, 11) is -1.88. The average molecular weight is 487 g/mol. The van der Waals surface area contributed by atoms with Crippen LogP contribution in [0.2, 0.25) is 23.4 Å². The first-order valence-electron chi connectivity index (χ1n) is 11.9. The molecule has 6 nitrogen and oxygen atoms in total. The van der Waals surface area contributed by atoms with E-state index in [9.17, 15) is 4.79 Å². The van der Waals surface area contributed by atoms with Crippen LogP contribution in [-0.4, -0.2) is 36.5 Å². The highest BCUT2D eigenvalue weighted by Crippen LogP contribution is 2.42. The van der Waals surface area contributed by atoms with Crippen LogP contribution in [0.25, 0.3) is 0 Å². The Labute approximate surface area is 203 Å². The van der Waals surface area contributed by atoms with Gasteiger partial charge in [0, 0.05) is 29.6 Å². The zero-order chi connectivity index (χ0) is 24.0. The summed E-state index contributed by atoms with van der Waals surface area (Å²) >= 11 is 6.16. The lowest BCUT2D eigenvalue weighted by Gasteiger charge is -2.40. The molecule has 0 N–H and O–H groups in total. The van der Waals surface area contributed by atoms with Gasteiger partial charge in [0.1, 0.15) is 5.82 Å². The van der Waals surface area contributed by atoms with Crippen molar-refractivity contribution >= 4 is 37.5 Å². The summed E-state index contributed by atoms with van der Waals surface area (Å²) in [6.45, 7) is 13.9. The van der Waals surface area contributed by atoms with Crippen molar-refractivity contribution in [2.24, 2.45) is 0 Å². The van der Waals surface area contributed by atoms with Crippen LogP contribution in [0.4, 0.5) is 16.3 Å². The Kier molecular flexibility index (Phi) is 6.59. The number of nitrogens with zero attached hydrogens (tertiary/aromatic N) is 4. The molecule has 2 aliphatic rings. The van der Waals surface area contributed by atoms with Gasteiger partial charge in [-0.05, 0) is 73.1 Å². The van der Waals surface area contributed by atoms with Gasteiger partial charge in [-0.1, -0.05) is 39.8 Å². The lowest BCUT2D eigenvalue weighted by Crippen LogP contribution is -2.52. The predicted molar refractivity (Wildman–Crippen MR) is 137 cm³/mol. The van der Waals surface area contributed by atoms with Gasteiger partial charge >= 0.3 is 6.03 Å². The number of hydrogen-bond donors (Lipinski definition) is 0. The van der Waals surface area contributed by atoms with Gasteiger partial charge in [0.25, 0.3) is 0 Å². The normalized spacial score (nSPS) is 21.5. The Balaban J connectivity index is 1.62. The Hall–Kier alpha value is -1.96. The van der Waals surface area contributed by atoms with Crippen LogP contribution in [0.3, 0.4) is 0 Å². The lowest BCUT2D eigenvalue weighted by atomic mass is 10.1. The molecule has 4 rings (SSSR count). The summed E-state index contributed by atoms with van der Waals surface area (Å²) in [5.74, 6) is 0.638. The van der Waals surface area contributed by atoms with E-state index in [-0.39, 0.29) is 28.5 Å². The van der Waals surface area contributed by atoms with Crippen molar-refractivity contribution in [3.8, 4) is 0 Å². The quantitative estimate of drug-likeness (QED) is 0.353. The van der Waals surface area contributed by atoms with Crippen LogP contribution >= 0.6 is 11.6 Å². The SMILES string of the molecule is CCc1ccc(N2Cc3cnc(Cl)nc3N(C3CCC(O[Si](C)(C)C(C)(C)C)C3)C2=O)cc1. The highest BCUT2D eigenvalue weighted by molar-refractivity contribution is 6.74. The Morgan fingerprint density at radius 3 is 2.52 bits per heavy atom. The molecule has 2 unspecified atom stereocenters. The molecular weight excluding hydrogens is 452 g/mol. The molecule has 1 aromatic heterocycles. The topological polar surface area (TPSA) is 58.6 Å². The number of aryl methyl sites for hydroxylation is 1. The van der Waals surface area contributed by atoms with E-state index < -0.39 is 8.32 Å². The molecule has 33 heavy (non-hydrogen) atoms. The number of hydrogen-bond acceptors (Lipinski definition) is 4. The van der Waals surface area contributed by atoms with Crippen molar-refractivity contribution in [3.63, 3.8) is 0 Å². The molecule has 178 valence electrons. The van der Waals surface area contributed by atoms with Crippen molar-refractivity contribution < 1.29 is 9.22 Å². The Bertz CT molecular complexity index is 1020. The number of halogens is 1. The molecule has 1 aliphatic heterocycles. The molecule has 2 heterocycles. The summed E-state index contributed by atoms with van der Waals surface area (Å²) in [5, 5.41) is 0.320. The number of carbonyl (C=O) groups excluding carboxylic acids is 1. The summed E-state index contributed by atoms with van der Waals surface area (Å²) < 4.78 is 6.70. The van der Waals surface area contributed by atoms with Crippen LogP contribution in [0, 0.1) is 0 Å². The maximum atomic E-state index is 13.8. The molecule has 0 bridgehead atoms. The molecule has 1 fully saturated rings. The average Bonchev–Trinajstić information content (AvgIpc) is 3.20. The van der Waals surface area contributed by atoms with Crippen LogP contribution in [0.1, 0.15) is 58.1 Å². The van der Waals surface area contributed by atoms with Crippen LogP contribution in [0.15, 0.2) is 30.5 Å². The van der Waals surface area contributed by atoms with Gasteiger partial charge in [-0.3, -0.25) is 9.80 Å². The largest absolute Gasteiger partial charge is 0.414 e. The van der Waals surface area contributed by atoms with Gasteiger partial charge in [0.2, 0.25) is 5.28 Å². The number of rotatable bonds is 5. The van der Waals surface area contributed by atoms with E-state index in [0.717, 1.165) is 36.9 Å². The highest BCUT2D eigenvalue weighted by atomic mass is 35.5. The second-order valence-corrected chi connectivity index (χ2v) is 15.8. The molecule has 0 radical (unpaired) electrons. The fourth-order valence-electron chi connectivity index (χ4n) is 4.45. The maximum Gasteiger partial charge on any atom is 0.330 e. The number of fused-ring (bicyclic) bond motifs is 1. The van der Waals surface area contributed by atoms with Gasteiger partial charge in [0.05, 0.1) is 6.54 Å². The number of urea groups is 1. The fraction of sp³-hybridized carbons (Fsp3) is 0.560. The molecular formula is C25H35ClN4O2Si. The smallest absolute Gasteiger partial charge is 0.330 e. The van der Waals surface area contributed by atoms with Crippen molar-refractivity contribution in [3.05, 3.63) is 46.9 Å². The molecule has 0 saturated heterocycles. The zero-order valence-corrected chi connectivity index (χ0v) is 22.3. The number of aromatic nitrogens is 2. The standard InChI is InChI=1S/C25H35ClN4O2Si/c1-7-17-8-10-19(11-9-17)29-16-18-15-27-23(26)28-22(18)30(24(29)31)20-12-13-21(14-20)32-33(5,6)25(2,3)4/h8-11,15,20-21H,7,12-14,16H2,1-6H3. The van der Waals surface area contributed by atoms with Crippen molar-refractivity contribution in [2.75, 3.05) is 9.80 Å². The maximum absolute atomic E-state index is 13.8. The van der Waals surface area contributed by atoms with Crippen molar-refractivity contribution in [1.29, 1.82) is 0 Å². The van der Waals surface area contributed by atoms with Crippen LogP contribution in [0.5, 0.6) is 0 Å². The first-order chi connectivity index (χ1) is 15.5. The van der Waals surface area contributed by atoms with E-state index in [1.165, 1.54) is 5.56 Å². The molecule has 0 spiro atoms. The van der Waals surface area contributed by atoms with Crippen LogP contribution in [-0.2, 0) is 17.4 Å². The minimum atomic E-state index is -1.88. The molecule has 2 amide bonds. The first-order valence-corrected chi connectivity index (χ1v) is 15.2. The number of carbonyl (C=O) groups is 1. The summed E-state index contributed by atoms with van der Waals surface area (Å²) in [4.78, 5) is 26.2. The van der Waals surface area contributed by atoms with Gasteiger partial charge in [-0.2, -0.15) is 4.98 Å². The molecule has 1 aromatic carbocycles. The zero-order valence-electron chi connectivity index (χ0n) is 20.6. The van der Waals surface area contributed by atoms with E-state index in [1.807, 2.05) is 21.9 Å². The third-order valence-corrected chi connectivity index (χ3v) is 12.2. The third-order valence-electron chi connectivity index (χ3n) is 7.45. The summed E-state index contributed by atoms with van der Waals surface area (Å²) in [5.41, 5.74) is 3.04. The number of benzene rings is 1. The van der Waals surface area contributed by atoms with Crippen LogP contribution < -0.4 is 9.80 Å². The predicted octanol–water partition coefficient (Wildman–Crippen LogP) is 6.58. The molecule has 2 atom stereocenters. The number of anilines is 2. The highest BCUT2D eigenvalue weighted by Gasteiger charge is 2.44. The second-order valence-electron chi connectivity index (χ2n) is 10.7. The summed E-state index contributed by atoms with van der Waals surface area (Å²) in [6, 6.07) is 8.18. The molecule has 8 heteroatoms. The third kappa shape index (κ3) is 4.81. The van der Waals surface area contributed by atoms with Gasteiger partial charge < -0.3 is 4.43 Å². The molecule has 1 aliphatic carbocycles. The number of amides is 2. The van der Waals surface area contributed by atoms with E-state index in [4.69, 9.17) is 16.0 Å². The Morgan fingerprint density at radius 1 is 1.18 bits per heavy atom. The van der Waals surface area contributed by atoms with E-state index in [2.05, 4.69) is 62.9 Å². The fourth-order valence-corrected chi connectivity index (χ4v) is 5.98. The first kappa shape index (κ1) is 24.2. The van der Waals surface area contributed by atoms with E-state index in [1.54, 1.807) is 6.20 Å². The monoisotopic (exact) mass is 486 g/mol. The van der Waals surface area contributed by atoms with Crippen molar-refractivity contribution in [2.45, 2.75) is 90.2 Å². The molecule has 1 saturated carbocycles. The van der Waals surface area contributed by atoms with Gasteiger partial charge in [0.15, 0.2) is 8.32 Å². The van der Waals surface area contributed by atoms with Gasteiger partial charge in [-0.25, -0.2) is 9.78 Å².